The number of rotatable bonds is 6. The summed E-state index contributed by atoms with van der Waals surface area (Å²) in [7, 11) is 2.08. The van der Waals surface area contributed by atoms with Crippen LogP contribution in [0.25, 0.3) is 0 Å². The molecule has 1 amide bonds. The minimum Gasteiger partial charge on any atom is -0.356 e. The van der Waals surface area contributed by atoms with E-state index in [4.69, 9.17) is 0 Å². The topological polar surface area (TPSA) is 32.3 Å². The van der Waals surface area contributed by atoms with Gasteiger partial charge < -0.3 is 5.32 Å². The summed E-state index contributed by atoms with van der Waals surface area (Å²) in [6.45, 7) is 5.65. The number of hydrogen-bond donors (Lipinski definition) is 1. The zero-order valence-electron chi connectivity index (χ0n) is 8.64. The summed E-state index contributed by atoms with van der Waals surface area (Å²) < 4.78 is 1.04. The molecule has 0 heterocycles. The quantitative estimate of drug-likeness (QED) is 0.349. The van der Waals surface area contributed by atoms with Gasteiger partial charge >= 0.3 is 0 Å². The van der Waals surface area contributed by atoms with E-state index >= 15 is 0 Å². The largest absolute Gasteiger partial charge is 0.356 e. The maximum atomic E-state index is 11.1. The Morgan fingerprint density at radius 3 is 2.62 bits per heavy atom. The summed E-state index contributed by atoms with van der Waals surface area (Å²) in [5.41, 5.74) is 0. The summed E-state index contributed by atoms with van der Waals surface area (Å²) in [4.78, 5) is 13.4. The molecule has 0 atom stereocenters. The van der Waals surface area contributed by atoms with Crippen molar-refractivity contribution in [3.8, 4) is 0 Å². The van der Waals surface area contributed by atoms with Gasteiger partial charge in [-0.05, 0) is 13.5 Å². The van der Waals surface area contributed by atoms with Crippen LogP contribution in [0.15, 0.2) is 0 Å². The number of nitrogens with one attached hydrogen (secondary N) is 1. The van der Waals surface area contributed by atoms with Crippen molar-refractivity contribution in [2.75, 3.05) is 24.7 Å². The lowest BCUT2D eigenvalue weighted by Gasteiger charge is -2.13. The van der Waals surface area contributed by atoms with Crippen molar-refractivity contribution in [2.45, 2.75) is 20.3 Å². The molecule has 13 heavy (non-hydrogen) atoms. The highest BCUT2D eigenvalue weighted by molar-refractivity contribution is 14.1. The molecule has 0 saturated heterocycles. The van der Waals surface area contributed by atoms with Crippen LogP contribution in [0.4, 0.5) is 0 Å². The van der Waals surface area contributed by atoms with Crippen molar-refractivity contribution >= 4 is 28.5 Å². The maximum absolute atomic E-state index is 11.1. The molecule has 0 unspecified atom stereocenters. The predicted octanol–water partition coefficient (Wildman–Crippen LogP) is 1.47. The average Bonchev–Trinajstić information content (AvgIpc) is 2.11. The first kappa shape index (κ1) is 13.2. The number of carbonyl (C=O) groups excluding carboxylic acids is 1. The normalized spacial score (nSPS) is 10.9. The summed E-state index contributed by atoms with van der Waals surface area (Å²) in [5.74, 6) is 0.249. The molecule has 1 N–H and O–H groups in total. The number of carbonyl (C=O) groups is 1. The smallest absolute Gasteiger partial charge is 0.222 e. The van der Waals surface area contributed by atoms with Gasteiger partial charge in [0.1, 0.15) is 0 Å². The van der Waals surface area contributed by atoms with E-state index in [0.717, 1.165) is 24.1 Å². The fraction of sp³-hybridized carbons (Fsp3) is 0.889. The SMILES string of the molecule is CC(C)C(=O)NCCCN(C)CI. The zero-order chi connectivity index (χ0) is 10.3. The Labute approximate surface area is 94.4 Å². The Kier molecular flexibility index (Phi) is 7.65. The summed E-state index contributed by atoms with van der Waals surface area (Å²) >= 11 is 2.33. The fourth-order valence-electron chi connectivity index (χ4n) is 0.824. The second-order valence-corrected chi connectivity index (χ2v) is 4.18. The summed E-state index contributed by atoms with van der Waals surface area (Å²) in [6.07, 6.45) is 1.03. The molecule has 0 rings (SSSR count). The molecule has 0 spiro atoms. The van der Waals surface area contributed by atoms with Gasteiger partial charge in [0.05, 0.1) is 4.55 Å². The van der Waals surface area contributed by atoms with Crippen LogP contribution < -0.4 is 5.32 Å². The molecule has 78 valence electrons. The second-order valence-electron chi connectivity index (χ2n) is 3.50. The third kappa shape index (κ3) is 7.25. The zero-order valence-corrected chi connectivity index (χ0v) is 10.8. The lowest BCUT2D eigenvalue weighted by molar-refractivity contribution is -0.123. The Morgan fingerprint density at radius 1 is 1.54 bits per heavy atom. The molecule has 0 fully saturated rings. The lowest BCUT2D eigenvalue weighted by Crippen LogP contribution is -2.30. The standard InChI is InChI=1S/C9H19IN2O/c1-8(2)9(13)11-5-4-6-12(3)7-10/h8H,4-7H2,1-3H3,(H,11,13). The molecule has 0 bridgehead atoms. The lowest BCUT2D eigenvalue weighted by atomic mass is 10.2. The molecule has 4 heteroatoms. The second kappa shape index (κ2) is 7.55. The molecule has 0 aromatic heterocycles. The minimum absolute atomic E-state index is 0.0994. The molecule has 0 aromatic rings. The predicted molar refractivity (Wildman–Crippen MR) is 64.0 cm³/mol. The Bertz CT molecular complexity index is 151. The van der Waals surface area contributed by atoms with E-state index in [1.165, 1.54) is 0 Å². The number of alkyl halides is 1. The molecule has 0 radical (unpaired) electrons. The highest BCUT2D eigenvalue weighted by Gasteiger charge is 2.04. The van der Waals surface area contributed by atoms with Gasteiger partial charge in [-0.2, -0.15) is 0 Å². The van der Waals surface area contributed by atoms with Gasteiger partial charge in [-0.1, -0.05) is 36.4 Å². The summed E-state index contributed by atoms with van der Waals surface area (Å²) in [5, 5.41) is 2.89. The minimum atomic E-state index is 0.0994. The van der Waals surface area contributed by atoms with Gasteiger partial charge in [-0.25, -0.2) is 0 Å². The third-order valence-electron chi connectivity index (χ3n) is 1.74. The van der Waals surface area contributed by atoms with Crippen LogP contribution >= 0.6 is 22.6 Å². The van der Waals surface area contributed by atoms with E-state index in [1.807, 2.05) is 13.8 Å². The highest BCUT2D eigenvalue weighted by Crippen LogP contribution is 1.93. The van der Waals surface area contributed by atoms with E-state index in [9.17, 15) is 4.79 Å². The number of nitrogens with zero attached hydrogens (tertiary/aromatic N) is 1. The van der Waals surface area contributed by atoms with Crippen molar-refractivity contribution in [1.82, 2.24) is 10.2 Å². The molecule has 0 aliphatic carbocycles. The first-order chi connectivity index (χ1) is 6.07. The average molecular weight is 298 g/mol. The maximum Gasteiger partial charge on any atom is 0.222 e. The first-order valence-corrected chi connectivity index (χ1v) is 6.12. The van der Waals surface area contributed by atoms with Crippen LogP contribution in [-0.4, -0.2) is 35.5 Å². The van der Waals surface area contributed by atoms with Crippen LogP contribution in [0.3, 0.4) is 0 Å². The van der Waals surface area contributed by atoms with Gasteiger partial charge in [0.15, 0.2) is 0 Å². The van der Waals surface area contributed by atoms with Gasteiger partial charge in [0.2, 0.25) is 5.91 Å². The molecular formula is C9H19IN2O. The van der Waals surface area contributed by atoms with E-state index in [1.54, 1.807) is 0 Å². The number of hydrogen-bond acceptors (Lipinski definition) is 2. The van der Waals surface area contributed by atoms with Gasteiger partial charge in [0, 0.05) is 19.0 Å². The van der Waals surface area contributed by atoms with Crippen molar-refractivity contribution in [3.63, 3.8) is 0 Å². The molecule has 0 saturated carbocycles. The van der Waals surface area contributed by atoms with E-state index < -0.39 is 0 Å². The molecule has 3 nitrogen and oxygen atoms in total. The van der Waals surface area contributed by atoms with E-state index in [2.05, 4.69) is 39.9 Å². The van der Waals surface area contributed by atoms with Crippen LogP contribution in [0.2, 0.25) is 0 Å². The number of halogens is 1. The van der Waals surface area contributed by atoms with Crippen molar-refractivity contribution < 1.29 is 4.79 Å². The third-order valence-corrected chi connectivity index (χ3v) is 2.91. The van der Waals surface area contributed by atoms with Gasteiger partial charge in [-0.15, -0.1) is 0 Å². The molecule has 0 aliphatic heterocycles. The van der Waals surface area contributed by atoms with Crippen molar-refractivity contribution in [1.29, 1.82) is 0 Å². The molecular weight excluding hydrogens is 279 g/mol. The monoisotopic (exact) mass is 298 g/mol. The van der Waals surface area contributed by atoms with Crippen LogP contribution in [0, 0.1) is 5.92 Å². The van der Waals surface area contributed by atoms with Crippen LogP contribution in [0.5, 0.6) is 0 Å². The van der Waals surface area contributed by atoms with Crippen molar-refractivity contribution in [2.24, 2.45) is 5.92 Å². The molecule has 0 aliphatic rings. The van der Waals surface area contributed by atoms with Gasteiger partial charge in [0.25, 0.3) is 0 Å². The van der Waals surface area contributed by atoms with E-state index in [0.29, 0.717) is 0 Å². The Balaban J connectivity index is 3.31. The first-order valence-electron chi connectivity index (χ1n) is 4.60. The van der Waals surface area contributed by atoms with Crippen LogP contribution in [-0.2, 0) is 4.79 Å². The Morgan fingerprint density at radius 2 is 2.15 bits per heavy atom. The number of amides is 1. The van der Waals surface area contributed by atoms with Crippen molar-refractivity contribution in [3.05, 3.63) is 0 Å². The fourth-order valence-corrected chi connectivity index (χ4v) is 1.17. The summed E-state index contributed by atoms with van der Waals surface area (Å²) in [6, 6.07) is 0. The molecule has 0 aromatic carbocycles. The van der Waals surface area contributed by atoms with E-state index in [-0.39, 0.29) is 11.8 Å². The Hall–Kier alpha value is 0.160. The van der Waals surface area contributed by atoms with Gasteiger partial charge in [-0.3, -0.25) is 9.69 Å². The van der Waals surface area contributed by atoms with Crippen LogP contribution in [0.1, 0.15) is 20.3 Å². The highest BCUT2D eigenvalue weighted by atomic mass is 127.